The zero-order valence-electron chi connectivity index (χ0n) is 18.0. The lowest BCUT2D eigenvalue weighted by molar-refractivity contribution is -0.126. The molecule has 29 heavy (non-hydrogen) atoms. The Morgan fingerprint density at radius 2 is 1.83 bits per heavy atom. The van der Waals surface area contributed by atoms with E-state index in [0.29, 0.717) is 5.92 Å². The minimum atomic E-state index is -0.0360. The molecule has 0 spiro atoms. The van der Waals surface area contributed by atoms with Crippen molar-refractivity contribution in [3.8, 4) is 0 Å². The van der Waals surface area contributed by atoms with Crippen molar-refractivity contribution in [3.05, 3.63) is 47.0 Å². The summed E-state index contributed by atoms with van der Waals surface area (Å²) >= 11 is 0. The van der Waals surface area contributed by atoms with Crippen LogP contribution in [0.1, 0.15) is 37.0 Å². The Balaban J connectivity index is 1.74. The highest BCUT2D eigenvalue weighted by Gasteiger charge is 2.32. The average molecular weight is 393 g/mol. The average Bonchev–Trinajstić information content (AvgIpc) is 3.06. The lowest BCUT2D eigenvalue weighted by atomic mass is 9.85. The molecule has 0 radical (unpaired) electrons. The summed E-state index contributed by atoms with van der Waals surface area (Å²) in [6.45, 7) is 11.4. The molecule has 3 aromatic rings. The summed E-state index contributed by atoms with van der Waals surface area (Å²) in [4.78, 5) is 18.6. The first kappa shape index (κ1) is 20.1. The predicted octanol–water partition coefficient (Wildman–Crippen LogP) is 4.80. The van der Waals surface area contributed by atoms with E-state index in [1.807, 2.05) is 0 Å². The lowest BCUT2D eigenvalue weighted by Gasteiger charge is -2.37. The molecule has 4 nitrogen and oxygen atoms in total. The van der Waals surface area contributed by atoms with E-state index in [-0.39, 0.29) is 11.8 Å². The van der Waals surface area contributed by atoms with Crippen molar-refractivity contribution in [2.75, 3.05) is 26.3 Å². The van der Waals surface area contributed by atoms with Gasteiger partial charge in [0.05, 0.1) is 19.3 Å². The molecule has 2 atom stereocenters. The van der Waals surface area contributed by atoms with Crippen LogP contribution < -0.4 is 0 Å². The molecular formula is C25H32N2O2. The van der Waals surface area contributed by atoms with E-state index < -0.39 is 0 Å². The Morgan fingerprint density at radius 3 is 2.52 bits per heavy atom. The number of hydrogen-bond donors (Lipinski definition) is 1. The predicted molar refractivity (Wildman–Crippen MR) is 120 cm³/mol. The molecule has 1 N–H and O–H groups in total. The number of Topliss-reactive ketones (excluding diaryl/α,β-unsaturated/α-hetero) is 1. The van der Waals surface area contributed by atoms with Crippen molar-refractivity contribution < 1.29 is 9.53 Å². The van der Waals surface area contributed by atoms with Gasteiger partial charge in [0.2, 0.25) is 0 Å². The number of H-pyrrole nitrogens is 1. The number of nitrogens with zero attached hydrogens (tertiary/aromatic N) is 1. The molecule has 0 aliphatic carbocycles. The largest absolute Gasteiger partial charge is 0.379 e. The first-order valence-electron chi connectivity index (χ1n) is 10.8. The van der Waals surface area contributed by atoms with Gasteiger partial charge in [-0.1, -0.05) is 36.6 Å². The maximum Gasteiger partial charge on any atom is 0.147 e. The number of rotatable bonds is 6. The number of fused-ring (bicyclic) bond motifs is 3. The van der Waals surface area contributed by atoms with Crippen LogP contribution in [0.25, 0.3) is 21.8 Å². The van der Waals surface area contributed by atoms with Crippen molar-refractivity contribution in [2.24, 2.45) is 5.92 Å². The molecule has 2 unspecified atom stereocenters. The topological polar surface area (TPSA) is 45.3 Å². The third-order valence-electron chi connectivity index (χ3n) is 6.40. The zero-order valence-corrected chi connectivity index (χ0v) is 18.0. The number of nitrogens with one attached hydrogen (secondary N) is 1. The van der Waals surface area contributed by atoms with Crippen LogP contribution in [0.2, 0.25) is 0 Å². The zero-order chi connectivity index (χ0) is 20.5. The Morgan fingerprint density at radius 1 is 1.10 bits per heavy atom. The first-order chi connectivity index (χ1) is 14.0. The van der Waals surface area contributed by atoms with Crippen molar-refractivity contribution in [1.29, 1.82) is 0 Å². The number of aromatic amines is 1. The number of aromatic nitrogens is 1. The van der Waals surface area contributed by atoms with Crippen molar-refractivity contribution in [1.82, 2.24) is 9.88 Å². The number of aryl methyl sites for hydroxylation is 2. The van der Waals surface area contributed by atoms with Crippen LogP contribution in [-0.2, 0) is 16.0 Å². The molecule has 1 aliphatic rings. The fourth-order valence-electron chi connectivity index (χ4n) is 5.01. The quantitative estimate of drug-likeness (QED) is 0.656. The summed E-state index contributed by atoms with van der Waals surface area (Å²) in [6.07, 6.45) is 1.89. The summed E-state index contributed by atoms with van der Waals surface area (Å²) < 4.78 is 5.52. The first-order valence-corrected chi connectivity index (χ1v) is 10.8. The van der Waals surface area contributed by atoms with Crippen molar-refractivity contribution >= 4 is 27.6 Å². The number of hydrogen-bond acceptors (Lipinski definition) is 3. The monoisotopic (exact) mass is 392 g/mol. The van der Waals surface area contributed by atoms with Gasteiger partial charge in [-0.25, -0.2) is 0 Å². The molecule has 0 saturated carbocycles. The second kappa shape index (κ2) is 8.29. The fraction of sp³-hybridized carbons (Fsp3) is 0.480. The number of morpholine rings is 1. The van der Waals surface area contributed by atoms with Gasteiger partial charge >= 0.3 is 0 Å². The van der Waals surface area contributed by atoms with Gasteiger partial charge in [0, 0.05) is 34.9 Å². The van der Waals surface area contributed by atoms with Crippen LogP contribution in [0.3, 0.4) is 0 Å². The van der Waals surface area contributed by atoms with Crippen molar-refractivity contribution in [2.45, 2.75) is 46.6 Å². The second-order valence-electron chi connectivity index (χ2n) is 8.60. The van der Waals surface area contributed by atoms with Crippen LogP contribution in [-0.4, -0.2) is 48.0 Å². The summed E-state index contributed by atoms with van der Waals surface area (Å²) in [5, 5.41) is 2.58. The number of benzene rings is 2. The lowest BCUT2D eigenvalue weighted by Crippen LogP contribution is -2.50. The highest BCUT2D eigenvalue weighted by Crippen LogP contribution is 2.32. The maximum atomic E-state index is 12.7. The Hall–Kier alpha value is -2.17. The molecule has 4 heteroatoms. The molecule has 1 saturated heterocycles. The SMILES string of the molecule is CCC(Cc1cc(C)cc2c1[nH]c1ccc(C)cc12)C(C(C)=O)N1CCOCC1. The molecule has 1 aromatic heterocycles. The van der Waals surface area contributed by atoms with E-state index in [9.17, 15) is 4.79 Å². The molecule has 0 amide bonds. The van der Waals surface area contributed by atoms with E-state index in [4.69, 9.17) is 4.74 Å². The minimum absolute atomic E-state index is 0.0360. The van der Waals surface area contributed by atoms with E-state index in [0.717, 1.165) is 39.1 Å². The fourth-order valence-corrected chi connectivity index (χ4v) is 5.01. The maximum absolute atomic E-state index is 12.7. The van der Waals surface area contributed by atoms with Gasteiger partial charge in [-0.05, 0) is 56.9 Å². The van der Waals surface area contributed by atoms with Gasteiger partial charge in [0.1, 0.15) is 5.78 Å². The molecular weight excluding hydrogens is 360 g/mol. The van der Waals surface area contributed by atoms with E-state index >= 15 is 0 Å². The van der Waals surface area contributed by atoms with E-state index in [1.54, 1.807) is 6.92 Å². The highest BCUT2D eigenvalue weighted by atomic mass is 16.5. The summed E-state index contributed by atoms with van der Waals surface area (Å²) in [5.41, 5.74) is 6.27. The van der Waals surface area contributed by atoms with Crippen LogP contribution in [0, 0.1) is 19.8 Å². The van der Waals surface area contributed by atoms with Crippen LogP contribution in [0.5, 0.6) is 0 Å². The number of ketones is 1. The van der Waals surface area contributed by atoms with Crippen LogP contribution in [0.4, 0.5) is 0 Å². The summed E-state index contributed by atoms with van der Waals surface area (Å²) in [7, 11) is 0. The third-order valence-corrected chi connectivity index (χ3v) is 6.40. The number of carbonyl (C=O) groups excluding carboxylic acids is 1. The number of carbonyl (C=O) groups is 1. The Labute approximate surface area is 173 Å². The van der Waals surface area contributed by atoms with Gasteiger partial charge in [-0.15, -0.1) is 0 Å². The van der Waals surface area contributed by atoms with Crippen molar-refractivity contribution in [3.63, 3.8) is 0 Å². The summed E-state index contributed by atoms with van der Waals surface area (Å²) in [5.74, 6) is 0.568. The standard InChI is InChI=1S/C25H32N2O2/c1-5-19(25(18(4)28)27-8-10-29-11-9-27)15-20-12-17(3)14-22-21-13-16(2)6-7-23(21)26-24(20)22/h6-7,12-14,19,25-26H,5,8-11,15H2,1-4H3. The molecule has 2 aromatic carbocycles. The molecule has 0 bridgehead atoms. The Bertz CT molecular complexity index is 1030. The highest BCUT2D eigenvalue weighted by molar-refractivity contribution is 6.08. The van der Waals surface area contributed by atoms with Crippen LogP contribution in [0.15, 0.2) is 30.3 Å². The van der Waals surface area contributed by atoms with Gasteiger partial charge in [0.25, 0.3) is 0 Å². The Kier molecular flexibility index (Phi) is 5.75. The second-order valence-corrected chi connectivity index (χ2v) is 8.60. The van der Waals surface area contributed by atoms with E-state index in [2.05, 4.69) is 61.0 Å². The van der Waals surface area contributed by atoms with Gasteiger partial charge in [-0.2, -0.15) is 0 Å². The van der Waals surface area contributed by atoms with Gasteiger partial charge in [-0.3, -0.25) is 9.69 Å². The number of ether oxygens (including phenoxy) is 1. The molecule has 4 rings (SSSR count). The van der Waals surface area contributed by atoms with E-state index in [1.165, 1.54) is 38.5 Å². The van der Waals surface area contributed by atoms with Gasteiger partial charge < -0.3 is 9.72 Å². The molecule has 1 fully saturated rings. The minimum Gasteiger partial charge on any atom is -0.379 e. The van der Waals surface area contributed by atoms with Crippen LogP contribution >= 0.6 is 0 Å². The molecule has 1 aliphatic heterocycles. The normalized spacial score (nSPS) is 17.7. The molecule has 154 valence electrons. The third kappa shape index (κ3) is 3.96. The molecule has 2 heterocycles. The van der Waals surface area contributed by atoms with Gasteiger partial charge in [0.15, 0.2) is 0 Å². The summed E-state index contributed by atoms with van der Waals surface area (Å²) in [6, 6.07) is 11.1. The smallest absolute Gasteiger partial charge is 0.147 e.